The van der Waals surface area contributed by atoms with Crippen LogP contribution < -0.4 is 5.56 Å². The highest BCUT2D eigenvalue weighted by molar-refractivity contribution is 7.99. The molecule has 0 bridgehead atoms. The molecule has 1 N–H and O–H groups in total. The fourth-order valence-electron chi connectivity index (χ4n) is 4.82. The van der Waals surface area contributed by atoms with Crippen molar-refractivity contribution in [1.82, 2.24) is 9.55 Å². The number of hydrogen-bond acceptors (Lipinski definition) is 7. The molecule has 9 heteroatoms. The minimum atomic E-state index is -1.51. The van der Waals surface area contributed by atoms with Crippen LogP contribution in [0.15, 0.2) is 21.8 Å². The van der Waals surface area contributed by atoms with Crippen LogP contribution in [0.25, 0.3) is 22.3 Å². The van der Waals surface area contributed by atoms with Gasteiger partial charge in [-0.3, -0.25) is 4.79 Å². The maximum absolute atomic E-state index is 14.6. The summed E-state index contributed by atoms with van der Waals surface area (Å²) in [5.41, 5.74) is 4.10. The van der Waals surface area contributed by atoms with Gasteiger partial charge >= 0.3 is 5.97 Å². The number of carbonyl (C=O) groups excluding carboxylic acids is 1. The first-order valence-corrected chi connectivity index (χ1v) is 10.8. The molecule has 6 rings (SSSR count). The minimum absolute atomic E-state index is 0.172. The lowest BCUT2D eigenvalue weighted by Gasteiger charge is -2.27. The number of benzene rings is 1. The third kappa shape index (κ3) is 2.39. The maximum Gasteiger partial charge on any atom is 0.340 e. The number of halogens is 1. The van der Waals surface area contributed by atoms with Crippen LogP contribution in [0.5, 0.6) is 0 Å². The molecular weight excluding hydrogens is 423 g/mol. The Hall–Kier alpha value is -2.75. The third-order valence-electron chi connectivity index (χ3n) is 6.41. The van der Waals surface area contributed by atoms with E-state index >= 15 is 0 Å². The Labute approximate surface area is 179 Å². The molecule has 2 aromatic heterocycles. The van der Waals surface area contributed by atoms with Crippen molar-refractivity contribution < 1.29 is 23.8 Å². The zero-order valence-electron chi connectivity index (χ0n) is 16.7. The summed E-state index contributed by atoms with van der Waals surface area (Å²) in [6.45, 7) is 1.88. The molecule has 158 valence electrons. The zero-order valence-corrected chi connectivity index (χ0v) is 17.5. The fraction of sp³-hybridized carbons (Fsp3) is 0.318. The first-order chi connectivity index (χ1) is 14.9. The molecular formula is C22H17FN2O5S. The number of fused-ring (bicyclic) bond motifs is 5. The van der Waals surface area contributed by atoms with Gasteiger partial charge in [0.15, 0.2) is 6.10 Å². The van der Waals surface area contributed by atoms with Gasteiger partial charge in [0.05, 0.1) is 35.1 Å². The molecule has 0 spiro atoms. The van der Waals surface area contributed by atoms with Crippen molar-refractivity contribution in [2.45, 2.75) is 37.2 Å². The Bertz CT molecular complexity index is 1400. The number of aliphatic hydroxyl groups excluding tert-OH is 1. The number of carbonyl (C=O) groups is 1. The van der Waals surface area contributed by atoms with Gasteiger partial charge in [0.2, 0.25) is 0 Å². The number of esters is 1. The molecule has 5 heterocycles. The second-order valence-electron chi connectivity index (χ2n) is 7.96. The molecule has 0 aliphatic carbocycles. The average Bonchev–Trinajstić information content (AvgIpc) is 3.13. The topological polar surface area (TPSA) is 90.7 Å². The number of hydrogen-bond donors (Lipinski definition) is 1. The molecule has 2 atom stereocenters. The molecule has 0 amide bonds. The van der Waals surface area contributed by atoms with Gasteiger partial charge in [0, 0.05) is 40.3 Å². The van der Waals surface area contributed by atoms with Crippen LogP contribution in [-0.4, -0.2) is 33.5 Å². The van der Waals surface area contributed by atoms with E-state index < -0.39 is 12.1 Å². The summed E-state index contributed by atoms with van der Waals surface area (Å²) >= 11 is 1.55. The predicted molar refractivity (Wildman–Crippen MR) is 110 cm³/mol. The van der Waals surface area contributed by atoms with E-state index in [2.05, 4.69) is 0 Å². The van der Waals surface area contributed by atoms with Crippen molar-refractivity contribution in [3.63, 3.8) is 0 Å². The Balaban J connectivity index is 1.70. The van der Waals surface area contributed by atoms with Crippen LogP contribution in [-0.2, 0) is 27.4 Å². The summed E-state index contributed by atoms with van der Waals surface area (Å²) in [5, 5.41) is 11.1. The second kappa shape index (κ2) is 6.38. The van der Waals surface area contributed by atoms with Crippen LogP contribution in [0, 0.1) is 12.7 Å². The van der Waals surface area contributed by atoms with Gasteiger partial charge in [-0.1, -0.05) is 0 Å². The van der Waals surface area contributed by atoms with Crippen molar-refractivity contribution in [3.8, 4) is 11.4 Å². The number of cyclic esters (lactones) is 1. The van der Waals surface area contributed by atoms with Gasteiger partial charge in [-0.05, 0) is 24.1 Å². The second-order valence-corrected chi connectivity index (χ2v) is 8.99. The monoisotopic (exact) mass is 440 g/mol. The van der Waals surface area contributed by atoms with E-state index in [-0.39, 0.29) is 35.2 Å². The Kier molecular flexibility index (Phi) is 3.91. The third-order valence-corrected chi connectivity index (χ3v) is 7.68. The maximum atomic E-state index is 14.6. The van der Waals surface area contributed by atoms with Gasteiger partial charge in [0.25, 0.3) is 5.56 Å². The van der Waals surface area contributed by atoms with Gasteiger partial charge in [-0.2, -0.15) is 0 Å². The number of pyridine rings is 2. The SMILES string of the molecule is COC1CSc2c(C)c(F)cc3nc4c(c1c23)Cn1c-4cc2c(c1=O)COC(=O)C2O. The molecule has 0 saturated heterocycles. The summed E-state index contributed by atoms with van der Waals surface area (Å²) in [7, 11) is 1.64. The largest absolute Gasteiger partial charge is 0.458 e. The minimum Gasteiger partial charge on any atom is -0.458 e. The number of aliphatic hydroxyl groups is 1. The molecule has 0 saturated carbocycles. The molecule has 7 nitrogen and oxygen atoms in total. The highest BCUT2D eigenvalue weighted by Crippen LogP contribution is 2.48. The zero-order chi connectivity index (χ0) is 21.6. The van der Waals surface area contributed by atoms with Crippen LogP contribution in [0.4, 0.5) is 4.39 Å². The van der Waals surface area contributed by atoms with Crippen LogP contribution in [0.1, 0.15) is 40.0 Å². The van der Waals surface area contributed by atoms with Crippen molar-refractivity contribution >= 4 is 28.6 Å². The highest BCUT2D eigenvalue weighted by Gasteiger charge is 2.37. The molecule has 31 heavy (non-hydrogen) atoms. The lowest BCUT2D eigenvalue weighted by atomic mass is 9.94. The van der Waals surface area contributed by atoms with Crippen molar-refractivity contribution in [3.05, 3.63) is 56.1 Å². The van der Waals surface area contributed by atoms with E-state index in [0.717, 1.165) is 21.4 Å². The first kappa shape index (κ1) is 19.0. The molecule has 3 aliphatic rings. The van der Waals surface area contributed by atoms with E-state index in [1.54, 1.807) is 36.4 Å². The summed E-state index contributed by atoms with van der Waals surface area (Å²) in [6.07, 6.45) is -1.74. The smallest absolute Gasteiger partial charge is 0.340 e. The number of nitrogens with zero attached hydrogens (tertiary/aromatic N) is 2. The van der Waals surface area contributed by atoms with Crippen molar-refractivity contribution in [2.75, 3.05) is 12.9 Å². The van der Waals surface area contributed by atoms with Crippen molar-refractivity contribution in [1.29, 1.82) is 0 Å². The number of rotatable bonds is 1. The van der Waals surface area contributed by atoms with E-state index in [9.17, 15) is 19.1 Å². The fourth-order valence-corrected chi connectivity index (χ4v) is 6.11. The van der Waals surface area contributed by atoms with Crippen LogP contribution in [0.3, 0.4) is 0 Å². The summed E-state index contributed by atoms with van der Waals surface area (Å²) in [6, 6.07) is 3.05. The van der Waals surface area contributed by atoms with E-state index in [4.69, 9.17) is 14.5 Å². The number of ether oxygens (including phenoxy) is 2. The van der Waals surface area contributed by atoms with E-state index in [1.165, 1.54) is 6.07 Å². The van der Waals surface area contributed by atoms with Gasteiger partial charge in [-0.15, -0.1) is 11.8 Å². The number of methoxy groups -OCH3 is 1. The Morgan fingerprint density at radius 3 is 2.90 bits per heavy atom. The van der Waals surface area contributed by atoms with Crippen molar-refractivity contribution in [2.24, 2.45) is 0 Å². The number of thioether (sulfide) groups is 1. The summed E-state index contributed by atoms with van der Waals surface area (Å²) in [5.74, 6) is -0.485. The standard InChI is InChI=1S/C22H17FN2O5S/c1-8-12(23)4-13-17-16(15(29-2)7-31-20(8)17)10-5-25-14(18(10)24-13)3-9-11(21(25)27)6-30-22(28)19(9)26/h3-4,15,19,26H,5-7H2,1-2H3. The molecule has 0 fully saturated rings. The van der Waals surface area contributed by atoms with Gasteiger partial charge in [-0.25, -0.2) is 14.2 Å². The van der Waals surface area contributed by atoms with Crippen LogP contribution >= 0.6 is 11.8 Å². The predicted octanol–water partition coefficient (Wildman–Crippen LogP) is 2.76. The normalized spacial score (nSPS) is 21.0. The Morgan fingerprint density at radius 1 is 1.32 bits per heavy atom. The van der Waals surface area contributed by atoms with E-state index in [0.29, 0.717) is 34.8 Å². The Morgan fingerprint density at radius 2 is 2.13 bits per heavy atom. The van der Waals surface area contributed by atoms with Crippen LogP contribution in [0.2, 0.25) is 0 Å². The average molecular weight is 440 g/mol. The molecule has 1 aromatic carbocycles. The highest BCUT2D eigenvalue weighted by atomic mass is 32.2. The number of aromatic nitrogens is 2. The first-order valence-electron chi connectivity index (χ1n) is 9.83. The quantitative estimate of drug-likeness (QED) is 0.455. The molecule has 0 radical (unpaired) electrons. The van der Waals surface area contributed by atoms with Gasteiger partial charge in [0.1, 0.15) is 12.4 Å². The molecule has 2 unspecified atom stereocenters. The van der Waals surface area contributed by atoms with E-state index in [1.807, 2.05) is 0 Å². The molecule has 3 aromatic rings. The summed E-state index contributed by atoms with van der Waals surface area (Å²) in [4.78, 5) is 30.6. The lowest BCUT2D eigenvalue weighted by molar-refractivity contribution is -0.157. The lowest BCUT2D eigenvalue weighted by Crippen LogP contribution is -2.32. The van der Waals surface area contributed by atoms with Gasteiger partial charge < -0.3 is 19.1 Å². The summed E-state index contributed by atoms with van der Waals surface area (Å²) < 4.78 is 26.9. The molecule has 3 aliphatic heterocycles.